The quantitative estimate of drug-likeness (QED) is 0.492. The number of rotatable bonds is 8. The van der Waals surface area contributed by atoms with Crippen LogP contribution in [0.2, 0.25) is 0 Å². The van der Waals surface area contributed by atoms with Crippen LogP contribution in [0.3, 0.4) is 0 Å². The molecule has 3 atom stereocenters. The summed E-state index contributed by atoms with van der Waals surface area (Å²) in [4.78, 5) is 26.6. The highest BCUT2D eigenvalue weighted by Crippen LogP contribution is 2.55. The zero-order chi connectivity index (χ0) is 25.6. The number of nitrogens with one attached hydrogen (secondary N) is 2. The minimum absolute atomic E-state index is 0.0631. The first-order chi connectivity index (χ1) is 17.2. The molecule has 2 fully saturated rings. The fourth-order valence-electron chi connectivity index (χ4n) is 5.16. The summed E-state index contributed by atoms with van der Waals surface area (Å²) < 4.78 is 48.8. The van der Waals surface area contributed by atoms with Gasteiger partial charge in [0.15, 0.2) is 0 Å². The SMILES string of the molecule is CCN1CC[C@H](C(=O)NCc2cc(F)ccc2S(=O)(=O)Nc2ccc3c(c2C(=O)O)OCC2CC32)C1. The highest BCUT2D eigenvalue weighted by molar-refractivity contribution is 7.92. The van der Waals surface area contributed by atoms with E-state index in [2.05, 4.69) is 14.9 Å². The standard InChI is InChI=1S/C25H28FN3O6S/c1-2-29-8-7-14(12-29)24(30)27-11-15-9-17(26)3-6-21(15)36(33,34)28-20-5-4-18-19-10-16(19)13-35-23(18)22(20)25(31)32/h3-6,9,14,16,19,28H,2,7-8,10-13H2,1H3,(H,27,30)(H,31,32)/t14-,16?,19?/m0/s1. The lowest BCUT2D eigenvalue weighted by molar-refractivity contribution is -0.124. The van der Waals surface area contributed by atoms with Crippen LogP contribution in [-0.2, 0) is 21.4 Å². The third-order valence-corrected chi connectivity index (χ3v) is 8.73. The monoisotopic (exact) mass is 517 g/mol. The van der Waals surface area contributed by atoms with E-state index in [1.165, 1.54) is 6.07 Å². The first-order valence-corrected chi connectivity index (χ1v) is 13.5. The van der Waals surface area contributed by atoms with Crippen molar-refractivity contribution in [2.24, 2.45) is 11.8 Å². The molecule has 3 aliphatic rings. The summed E-state index contributed by atoms with van der Waals surface area (Å²) in [7, 11) is -4.32. The predicted octanol–water partition coefficient (Wildman–Crippen LogP) is 2.78. The Morgan fingerprint density at radius 1 is 1.25 bits per heavy atom. The van der Waals surface area contributed by atoms with Crippen molar-refractivity contribution >= 4 is 27.6 Å². The largest absolute Gasteiger partial charge is 0.492 e. The second-order valence-electron chi connectivity index (χ2n) is 9.58. The van der Waals surface area contributed by atoms with Crippen LogP contribution in [0, 0.1) is 17.7 Å². The first-order valence-electron chi connectivity index (χ1n) is 12.0. The van der Waals surface area contributed by atoms with Gasteiger partial charge >= 0.3 is 5.97 Å². The summed E-state index contributed by atoms with van der Waals surface area (Å²) in [5.41, 5.74) is 0.448. The van der Waals surface area contributed by atoms with E-state index in [9.17, 15) is 27.5 Å². The number of aromatic carboxylic acids is 1. The number of sulfonamides is 1. The lowest BCUT2D eigenvalue weighted by atomic mass is 10.0. The van der Waals surface area contributed by atoms with E-state index in [-0.39, 0.29) is 51.7 Å². The van der Waals surface area contributed by atoms with Crippen LogP contribution in [0.5, 0.6) is 5.75 Å². The Kier molecular flexibility index (Phi) is 6.37. The summed E-state index contributed by atoms with van der Waals surface area (Å²) in [6, 6.07) is 6.29. The van der Waals surface area contributed by atoms with Gasteiger partial charge in [0.25, 0.3) is 10.0 Å². The number of carboxylic acids is 1. The van der Waals surface area contributed by atoms with Gasteiger partial charge < -0.3 is 20.1 Å². The van der Waals surface area contributed by atoms with E-state index >= 15 is 0 Å². The van der Waals surface area contributed by atoms with Crippen LogP contribution in [0.1, 0.15) is 47.2 Å². The molecule has 2 aromatic rings. The van der Waals surface area contributed by atoms with E-state index in [1.807, 2.05) is 6.92 Å². The Morgan fingerprint density at radius 2 is 2.06 bits per heavy atom. The molecular formula is C25H28FN3O6S. The fourth-order valence-corrected chi connectivity index (χ4v) is 6.45. The van der Waals surface area contributed by atoms with Crippen LogP contribution in [0.4, 0.5) is 10.1 Å². The molecule has 2 aromatic carbocycles. The van der Waals surface area contributed by atoms with Gasteiger partial charge in [-0.25, -0.2) is 17.6 Å². The van der Waals surface area contributed by atoms with Crippen LogP contribution >= 0.6 is 0 Å². The number of likely N-dealkylation sites (tertiary alicyclic amines) is 1. The highest BCUT2D eigenvalue weighted by atomic mass is 32.2. The number of anilines is 1. The van der Waals surface area contributed by atoms with Crippen molar-refractivity contribution in [2.45, 2.75) is 37.1 Å². The molecule has 0 radical (unpaired) electrons. The van der Waals surface area contributed by atoms with Gasteiger partial charge in [-0.1, -0.05) is 13.0 Å². The number of benzene rings is 2. The van der Waals surface area contributed by atoms with E-state index in [1.54, 1.807) is 6.07 Å². The van der Waals surface area contributed by atoms with Crippen molar-refractivity contribution in [3.05, 3.63) is 52.8 Å². The highest BCUT2D eigenvalue weighted by Gasteiger charge is 2.45. The number of carbonyl (C=O) groups excluding carboxylic acids is 1. The van der Waals surface area contributed by atoms with E-state index < -0.39 is 21.8 Å². The van der Waals surface area contributed by atoms with Gasteiger partial charge in [-0.2, -0.15) is 0 Å². The molecule has 1 amide bonds. The minimum atomic E-state index is -4.32. The smallest absolute Gasteiger partial charge is 0.341 e. The number of fused-ring (bicyclic) bond motifs is 3. The topological polar surface area (TPSA) is 125 Å². The van der Waals surface area contributed by atoms with Gasteiger partial charge in [-0.15, -0.1) is 0 Å². The van der Waals surface area contributed by atoms with Crippen molar-refractivity contribution in [2.75, 3.05) is 31.0 Å². The second-order valence-corrected chi connectivity index (χ2v) is 11.2. The number of carbonyl (C=O) groups is 2. The Labute approximate surface area is 208 Å². The number of nitrogens with zero attached hydrogens (tertiary/aromatic N) is 1. The van der Waals surface area contributed by atoms with Crippen molar-refractivity contribution in [1.82, 2.24) is 10.2 Å². The van der Waals surface area contributed by atoms with Gasteiger partial charge in [0, 0.05) is 19.0 Å². The summed E-state index contributed by atoms with van der Waals surface area (Å²) in [6.45, 7) is 4.51. The molecule has 2 unspecified atom stereocenters. The van der Waals surface area contributed by atoms with Gasteiger partial charge in [0.2, 0.25) is 5.91 Å². The lowest BCUT2D eigenvalue weighted by Crippen LogP contribution is -2.33. The molecule has 2 heterocycles. The number of hydrogen-bond acceptors (Lipinski definition) is 6. The van der Waals surface area contributed by atoms with E-state index in [0.29, 0.717) is 25.5 Å². The Morgan fingerprint density at radius 3 is 2.78 bits per heavy atom. The van der Waals surface area contributed by atoms with Crippen molar-refractivity contribution < 1.29 is 32.2 Å². The molecule has 3 N–H and O–H groups in total. The van der Waals surface area contributed by atoms with Crippen LogP contribution in [-0.4, -0.2) is 56.5 Å². The van der Waals surface area contributed by atoms with Crippen LogP contribution in [0.15, 0.2) is 35.2 Å². The molecule has 1 saturated heterocycles. The average Bonchev–Trinajstić information content (AvgIpc) is 3.48. The third-order valence-electron chi connectivity index (χ3n) is 7.27. The molecule has 192 valence electrons. The molecule has 5 rings (SSSR count). The van der Waals surface area contributed by atoms with Gasteiger partial charge in [-0.05, 0) is 67.2 Å². The molecule has 0 bridgehead atoms. The maximum Gasteiger partial charge on any atom is 0.341 e. The Balaban J connectivity index is 1.39. The molecular weight excluding hydrogens is 489 g/mol. The number of amides is 1. The zero-order valence-electron chi connectivity index (χ0n) is 19.8. The van der Waals surface area contributed by atoms with Crippen molar-refractivity contribution in [3.63, 3.8) is 0 Å². The summed E-state index contributed by atoms with van der Waals surface area (Å²) in [5.74, 6) is -1.61. The van der Waals surface area contributed by atoms with E-state index in [4.69, 9.17) is 4.74 Å². The van der Waals surface area contributed by atoms with Crippen molar-refractivity contribution in [3.8, 4) is 5.75 Å². The molecule has 0 spiro atoms. The number of carboxylic acid groups (broad SMARTS) is 1. The fraction of sp³-hybridized carbons (Fsp3) is 0.440. The summed E-state index contributed by atoms with van der Waals surface area (Å²) in [5, 5.41) is 12.6. The molecule has 0 aromatic heterocycles. The maximum atomic E-state index is 14.1. The second kappa shape index (κ2) is 9.36. The third kappa shape index (κ3) is 4.64. The number of ether oxygens (including phenoxy) is 1. The Bertz CT molecular complexity index is 1330. The molecule has 11 heteroatoms. The molecule has 1 saturated carbocycles. The van der Waals surface area contributed by atoms with Gasteiger partial charge in [0.1, 0.15) is 17.1 Å². The average molecular weight is 518 g/mol. The van der Waals surface area contributed by atoms with Crippen LogP contribution in [0.25, 0.3) is 0 Å². The van der Waals surface area contributed by atoms with Gasteiger partial charge in [0.05, 0.1) is 23.1 Å². The Hall–Kier alpha value is -3.18. The molecule has 2 aliphatic heterocycles. The molecule has 1 aliphatic carbocycles. The lowest BCUT2D eigenvalue weighted by Gasteiger charge is -2.21. The normalized spacial score (nSPS) is 22.8. The molecule has 9 nitrogen and oxygen atoms in total. The zero-order valence-corrected chi connectivity index (χ0v) is 20.6. The van der Waals surface area contributed by atoms with Gasteiger partial charge in [-0.3, -0.25) is 9.52 Å². The maximum absolute atomic E-state index is 14.1. The van der Waals surface area contributed by atoms with Crippen molar-refractivity contribution in [1.29, 1.82) is 0 Å². The first kappa shape index (κ1) is 24.5. The van der Waals surface area contributed by atoms with Crippen LogP contribution < -0.4 is 14.8 Å². The minimum Gasteiger partial charge on any atom is -0.492 e. The molecule has 36 heavy (non-hydrogen) atoms. The summed E-state index contributed by atoms with van der Waals surface area (Å²) in [6.07, 6.45) is 1.62. The predicted molar refractivity (Wildman–Crippen MR) is 129 cm³/mol. The number of halogens is 1. The number of hydrogen-bond donors (Lipinski definition) is 3. The summed E-state index contributed by atoms with van der Waals surface area (Å²) >= 11 is 0. The van der Waals surface area contributed by atoms with E-state index in [0.717, 1.165) is 43.3 Å².